The van der Waals surface area contributed by atoms with Crippen molar-refractivity contribution in [1.82, 2.24) is 0 Å². The molecule has 3 N–H and O–H groups in total. The van der Waals surface area contributed by atoms with Gasteiger partial charge in [-0.15, -0.1) is 0 Å². The van der Waals surface area contributed by atoms with Crippen molar-refractivity contribution in [2.45, 2.75) is 33.1 Å². The van der Waals surface area contributed by atoms with Crippen molar-refractivity contribution in [1.29, 1.82) is 0 Å². The molecule has 0 saturated carbocycles. The maximum Gasteiger partial charge on any atom is 0.311 e. The fourth-order valence-electron chi connectivity index (χ4n) is 1.32. The summed E-state index contributed by atoms with van der Waals surface area (Å²) < 4.78 is 10.3. The van der Waals surface area contributed by atoms with Gasteiger partial charge >= 0.3 is 5.97 Å². The van der Waals surface area contributed by atoms with E-state index in [9.17, 15) is 9.90 Å². The van der Waals surface area contributed by atoms with Crippen molar-refractivity contribution >= 4 is 5.97 Å². The van der Waals surface area contributed by atoms with E-state index in [-0.39, 0.29) is 17.9 Å². The summed E-state index contributed by atoms with van der Waals surface area (Å²) in [4.78, 5) is 11.4. The van der Waals surface area contributed by atoms with Gasteiger partial charge in [-0.25, -0.2) is 0 Å². The van der Waals surface area contributed by atoms with E-state index >= 15 is 0 Å². The Bertz CT molecular complexity index is 370. The van der Waals surface area contributed by atoms with Gasteiger partial charge in [0.1, 0.15) is 5.76 Å². The second-order valence-corrected chi connectivity index (χ2v) is 3.48. The molecule has 0 amide bonds. The Morgan fingerprint density at radius 3 is 2.81 bits per heavy atom. The van der Waals surface area contributed by atoms with Gasteiger partial charge in [0.25, 0.3) is 0 Å². The molecule has 0 atom stereocenters. The van der Waals surface area contributed by atoms with Crippen molar-refractivity contribution in [3.8, 4) is 11.5 Å². The molecule has 0 spiro atoms. The van der Waals surface area contributed by atoms with Gasteiger partial charge < -0.3 is 20.0 Å². The van der Waals surface area contributed by atoms with E-state index in [1.165, 1.54) is 0 Å². The number of furan rings is 1. The minimum Gasteiger partial charge on any atom is -0.502 e. The van der Waals surface area contributed by atoms with Gasteiger partial charge in [-0.2, -0.15) is 0 Å². The smallest absolute Gasteiger partial charge is 0.311 e. The van der Waals surface area contributed by atoms with E-state index in [1.54, 1.807) is 6.92 Å². The molecule has 1 rings (SSSR count). The first-order valence-corrected chi connectivity index (χ1v) is 5.32. The topological polar surface area (TPSA) is 85.7 Å². The molecule has 0 fully saturated rings. The summed E-state index contributed by atoms with van der Waals surface area (Å²) in [5.74, 6) is 0.478. The third-order valence-electron chi connectivity index (χ3n) is 2.20. The highest BCUT2D eigenvalue weighted by molar-refractivity contribution is 5.73. The van der Waals surface area contributed by atoms with Crippen molar-refractivity contribution in [3.05, 3.63) is 11.5 Å². The number of hydrogen-bond donors (Lipinski definition) is 2. The Balaban J connectivity index is 2.75. The molecule has 1 heterocycles. The number of nitrogens with two attached hydrogens (primary N) is 1. The second kappa shape index (κ2) is 5.55. The molecule has 1 aromatic heterocycles. The largest absolute Gasteiger partial charge is 0.502 e. The van der Waals surface area contributed by atoms with Crippen LogP contribution in [0, 0.1) is 6.92 Å². The molecule has 5 nitrogen and oxygen atoms in total. The first-order chi connectivity index (χ1) is 7.60. The van der Waals surface area contributed by atoms with Crippen molar-refractivity contribution in [2.75, 3.05) is 6.54 Å². The summed E-state index contributed by atoms with van der Waals surface area (Å²) in [7, 11) is 0. The molecule has 90 valence electrons. The number of rotatable bonds is 5. The van der Waals surface area contributed by atoms with Crippen LogP contribution in [-0.2, 0) is 11.2 Å². The average Bonchev–Trinajstić information content (AvgIpc) is 2.54. The molecule has 0 aliphatic rings. The molecule has 0 bridgehead atoms. The van der Waals surface area contributed by atoms with Gasteiger partial charge in [-0.3, -0.25) is 4.79 Å². The zero-order valence-electron chi connectivity index (χ0n) is 9.58. The predicted molar refractivity (Wildman–Crippen MR) is 58.4 cm³/mol. The van der Waals surface area contributed by atoms with E-state index in [4.69, 9.17) is 14.9 Å². The summed E-state index contributed by atoms with van der Waals surface area (Å²) in [6, 6.07) is 0. The van der Waals surface area contributed by atoms with E-state index in [0.717, 1.165) is 0 Å². The minimum absolute atomic E-state index is 0.0991. The highest BCUT2D eigenvalue weighted by atomic mass is 16.6. The summed E-state index contributed by atoms with van der Waals surface area (Å²) in [6.07, 6.45) is 1.36. The molecular formula is C11H17NO4. The Morgan fingerprint density at radius 1 is 1.56 bits per heavy atom. The number of hydrogen-bond acceptors (Lipinski definition) is 5. The van der Waals surface area contributed by atoms with Crippen LogP contribution in [0.3, 0.4) is 0 Å². The molecule has 0 aliphatic heterocycles. The van der Waals surface area contributed by atoms with Crippen LogP contribution in [0.5, 0.6) is 11.5 Å². The average molecular weight is 227 g/mol. The van der Waals surface area contributed by atoms with Crippen LogP contribution in [0.15, 0.2) is 4.42 Å². The van der Waals surface area contributed by atoms with Crippen LogP contribution in [-0.4, -0.2) is 17.6 Å². The van der Waals surface area contributed by atoms with Gasteiger partial charge in [-0.1, -0.05) is 6.92 Å². The maximum absolute atomic E-state index is 11.4. The lowest BCUT2D eigenvalue weighted by Gasteiger charge is -2.03. The van der Waals surface area contributed by atoms with E-state index in [1.807, 2.05) is 6.92 Å². The zero-order valence-corrected chi connectivity index (χ0v) is 9.58. The lowest BCUT2D eigenvalue weighted by Crippen LogP contribution is -2.11. The minimum atomic E-state index is -0.406. The van der Waals surface area contributed by atoms with Crippen molar-refractivity contribution in [3.63, 3.8) is 0 Å². The highest BCUT2D eigenvalue weighted by Crippen LogP contribution is 2.36. The molecule has 16 heavy (non-hydrogen) atoms. The summed E-state index contributed by atoms with van der Waals surface area (Å²) in [5, 5.41) is 9.63. The number of aryl methyl sites for hydroxylation is 2. The number of aromatic hydroxyl groups is 1. The van der Waals surface area contributed by atoms with Gasteiger partial charge in [0, 0.05) is 12.8 Å². The number of esters is 1. The van der Waals surface area contributed by atoms with Gasteiger partial charge in [0.2, 0.25) is 11.5 Å². The van der Waals surface area contributed by atoms with Crippen LogP contribution in [0.1, 0.15) is 31.3 Å². The molecule has 1 aromatic rings. The fraction of sp³-hybridized carbons (Fsp3) is 0.545. The lowest BCUT2D eigenvalue weighted by atomic mass is 10.3. The zero-order chi connectivity index (χ0) is 12.1. The first kappa shape index (κ1) is 12.6. The third kappa shape index (κ3) is 2.76. The molecule has 5 heteroatoms. The summed E-state index contributed by atoms with van der Waals surface area (Å²) >= 11 is 0. The molecular weight excluding hydrogens is 210 g/mol. The Hall–Kier alpha value is -1.49. The highest BCUT2D eigenvalue weighted by Gasteiger charge is 2.20. The van der Waals surface area contributed by atoms with Gasteiger partial charge in [-0.05, 0) is 19.9 Å². The van der Waals surface area contributed by atoms with Crippen LogP contribution >= 0.6 is 0 Å². The second-order valence-electron chi connectivity index (χ2n) is 3.48. The van der Waals surface area contributed by atoms with Gasteiger partial charge in [0.05, 0.1) is 0 Å². The number of ether oxygens (including phenoxy) is 1. The van der Waals surface area contributed by atoms with E-state index in [0.29, 0.717) is 30.9 Å². The fourth-order valence-corrected chi connectivity index (χ4v) is 1.32. The van der Waals surface area contributed by atoms with Crippen LogP contribution in [0.25, 0.3) is 0 Å². The van der Waals surface area contributed by atoms with Crippen LogP contribution in [0.4, 0.5) is 0 Å². The standard InChI is InChI=1S/C11H17NO4/c1-3-8-11(10(14)7(2)15-8)16-9(13)5-4-6-12/h14H,3-6,12H2,1-2H3. The van der Waals surface area contributed by atoms with Crippen LogP contribution in [0.2, 0.25) is 0 Å². The monoisotopic (exact) mass is 227 g/mol. The van der Waals surface area contributed by atoms with Crippen molar-refractivity contribution < 1.29 is 19.1 Å². The Labute approximate surface area is 94.2 Å². The van der Waals surface area contributed by atoms with Crippen molar-refractivity contribution in [2.24, 2.45) is 5.73 Å². The summed E-state index contributed by atoms with van der Waals surface area (Å²) in [5.41, 5.74) is 5.28. The quantitative estimate of drug-likeness (QED) is 0.744. The molecule has 0 saturated heterocycles. The maximum atomic E-state index is 11.4. The summed E-state index contributed by atoms with van der Waals surface area (Å²) in [6.45, 7) is 3.91. The lowest BCUT2D eigenvalue weighted by molar-refractivity contribution is -0.134. The first-order valence-electron chi connectivity index (χ1n) is 5.32. The molecule has 0 radical (unpaired) electrons. The Morgan fingerprint density at radius 2 is 2.25 bits per heavy atom. The molecule has 0 aliphatic carbocycles. The SMILES string of the molecule is CCc1oc(C)c(O)c1OC(=O)CCCN. The number of carbonyl (C=O) groups is 1. The van der Waals surface area contributed by atoms with Crippen LogP contribution < -0.4 is 10.5 Å². The predicted octanol–water partition coefficient (Wildman–Crippen LogP) is 1.50. The Kier molecular flexibility index (Phi) is 4.37. The number of carbonyl (C=O) groups excluding carboxylic acids is 1. The molecule has 0 unspecified atom stereocenters. The van der Waals surface area contributed by atoms with Gasteiger partial charge in [0.15, 0.2) is 5.76 Å². The normalized spacial score (nSPS) is 10.4. The third-order valence-corrected chi connectivity index (χ3v) is 2.20. The molecule has 0 aromatic carbocycles. The van der Waals surface area contributed by atoms with E-state index in [2.05, 4.69) is 0 Å². The van der Waals surface area contributed by atoms with E-state index < -0.39 is 5.97 Å².